The highest BCUT2D eigenvalue weighted by Crippen LogP contribution is 2.44. The molecule has 1 fully saturated rings. The average molecular weight is 461 g/mol. The van der Waals surface area contributed by atoms with Crippen LogP contribution in [0.2, 0.25) is 5.02 Å². The zero-order valence-corrected chi connectivity index (χ0v) is 18.5. The lowest BCUT2D eigenvalue weighted by Gasteiger charge is -2.22. The lowest BCUT2D eigenvalue weighted by Crippen LogP contribution is -2.29. The van der Waals surface area contributed by atoms with Gasteiger partial charge in [-0.3, -0.25) is 14.5 Å². The third kappa shape index (κ3) is 3.38. The van der Waals surface area contributed by atoms with Crippen LogP contribution in [0.15, 0.2) is 78.4 Å². The number of hydrogen-bond donors (Lipinski definition) is 1. The van der Waals surface area contributed by atoms with E-state index >= 15 is 0 Å². The molecule has 1 amide bonds. The van der Waals surface area contributed by atoms with Crippen LogP contribution in [0.1, 0.15) is 22.7 Å². The maximum Gasteiger partial charge on any atom is 0.301 e. The fraction of sp³-hybridized carbons (Fsp3) is 0.0800. The van der Waals surface area contributed by atoms with Crippen LogP contribution in [0.5, 0.6) is 0 Å². The zero-order chi connectivity index (χ0) is 22.4. The van der Waals surface area contributed by atoms with Crippen molar-refractivity contribution in [2.24, 2.45) is 0 Å². The molecule has 1 N–H and O–H groups in total. The van der Waals surface area contributed by atoms with Crippen LogP contribution < -0.4 is 4.90 Å². The molecule has 1 saturated heterocycles. The summed E-state index contributed by atoms with van der Waals surface area (Å²) in [6, 6.07) is 20.8. The SMILES string of the molecule is Cc1ccc(/C(O)=C2\C(=O)C(=O)N(c3nc4ccc(Cl)cc4s3)C2c2ccccc2)cc1. The summed E-state index contributed by atoms with van der Waals surface area (Å²) in [7, 11) is 0. The second-order valence-electron chi connectivity index (χ2n) is 7.55. The summed E-state index contributed by atoms with van der Waals surface area (Å²) in [5, 5.41) is 12.1. The second kappa shape index (κ2) is 7.89. The number of fused-ring (bicyclic) bond motifs is 1. The molecule has 1 unspecified atom stereocenters. The number of halogens is 1. The van der Waals surface area contributed by atoms with Gasteiger partial charge in [-0.15, -0.1) is 0 Å². The number of thiazole rings is 1. The first-order valence-electron chi connectivity index (χ1n) is 9.93. The van der Waals surface area contributed by atoms with Crippen LogP contribution >= 0.6 is 22.9 Å². The van der Waals surface area contributed by atoms with Gasteiger partial charge in [-0.05, 0) is 30.7 Å². The molecule has 5 nitrogen and oxygen atoms in total. The van der Waals surface area contributed by atoms with Crippen LogP contribution in [0, 0.1) is 6.92 Å². The molecule has 1 aliphatic rings. The summed E-state index contributed by atoms with van der Waals surface area (Å²) in [5.41, 5.74) is 2.93. The molecule has 32 heavy (non-hydrogen) atoms. The van der Waals surface area contributed by atoms with Crippen molar-refractivity contribution in [3.8, 4) is 0 Å². The van der Waals surface area contributed by atoms with Crippen molar-refractivity contribution in [1.82, 2.24) is 4.98 Å². The first-order chi connectivity index (χ1) is 15.4. The van der Waals surface area contributed by atoms with Crippen LogP contribution in [-0.2, 0) is 9.59 Å². The first-order valence-corrected chi connectivity index (χ1v) is 11.1. The molecule has 4 aromatic rings. The number of hydrogen-bond acceptors (Lipinski definition) is 5. The number of nitrogens with zero attached hydrogens (tertiary/aromatic N) is 2. The van der Waals surface area contributed by atoms with Crippen LogP contribution in [-0.4, -0.2) is 21.8 Å². The minimum Gasteiger partial charge on any atom is -0.507 e. The fourth-order valence-corrected chi connectivity index (χ4v) is 5.11. The minimum atomic E-state index is -0.798. The predicted molar refractivity (Wildman–Crippen MR) is 127 cm³/mol. The Bertz CT molecular complexity index is 1390. The molecule has 7 heteroatoms. The van der Waals surface area contributed by atoms with Gasteiger partial charge in [-0.1, -0.05) is 83.1 Å². The monoisotopic (exact) mass is 460 g/mol. The lowest BCUT2D eigenvalue weighted by molar-refractivity contribution is -0.132. The van der Waals surface area contributed by atoms with Gasteiger partial charge < -0.3 is 5.11 Å². The maximum atomic E-state index is 13.2. The van der Waals surface area contributed by atoms with Gasteiger partial charge in [0.2, 0.25) is 0 Å². The highest BCUT2D eigenvalue weighted by molar-refractivity contribution is 7.22. The standard InChI is InChI=1S/C25H17ClN2O3S/c1-14-7-9-16(10-8-14)22(29)20-21(15-5-3-2-4-6-15)28(24(31)23(20)30)25-27-18-12-11-17(26)13-19(18)32-25/h2-13,21,29H,1H3/b22-20+. The number of aromatic nitrogens is 1. The third-order valence-electron chi connectivity index (χ3n) is 5.43. The van der Waals surface area contributed by atoms with Gasteiger partial charge in [0.05, 0.1) is 21.8 Å². The van der Waals surface area contributed by atoms with E-state index in [0.717, 1.165) is 10.3 Å². The van der Waals surface area contributed by atoms with Crippen LogP contribution in [0.4, 0.5) is 5.13 Å². The highest BCUT2D eigenvalue weighted by Gasteiger charge is 2.48. The van der Waals surface area contributed by atoms with Gasteiger partial charge in [-0.2, -0.15) is 0 Å². The van der Waals surface area contributed by atoms with Gasteiger partial charge in [0.15, 0.2) is 5.13 Å². The Kier molecular flexibility index (Phi) is 5.04. The molecule has 2 heterocycles. The van der Waals surface area contributed by atoms with E-state index in [-0.39, 0.29) is 11.3 Å². The average Bonchev–Trinajstić information content (AvgIpc) is 3.32. The van der Waals surface area contributed by atoms with Gasteiger partial charge in [-0.25, -0.2) is 4.98 Å². The summed E-state index contributed by atoms with van der Waals surface area (Å²) in [6.07, 6.45) is 0. The smallest absolute Gasteiger partial charge is 0.301 e. The second-order valence-corrected chi connectivity index (χ2v) is 9.00. The predicted octanol–water partition coefficient (Wildman–Crippen LogP) is 5.88. The number of benzene rings is 3. The summed E-state index contributed by atoms with van der Waals surface area (Å²) in [5.74, 6) is -1.67. The quantitative estimate of drug-likeness (QED) is 0.235. The molecule has 0 saturated carbocycles. The number of carbonyl (C=O) groups is 2. The highest BCUT2D eigenvalue weighted by atomic mass is 35.5. The molecule has 1 aromatic heterocycles. The molecule has 0 spiro atoms. The molecule has 3 aromatic carbocycles. The molecule has 158 valence electrons. The van der Waals surface area contributed by atoms with E-state index in [0.29, 0.717) is 26.8 Å². The Morgan fingerprint density at radius 3 is 2.47 bits per heavy atom. The van der Waals surface area contributed by atoms with Gasteiger partial charge in [0.1, 0.15) is 5.76 Å². The Balaban J connectivity index is 1.72. The lowest BCUT2D eigenvalue weighted by atomic mass is 9.95. The van der Waals surface area contributed by atoms with Crippen molar-refractivity contribution >= 4 is 55.7 Å². The number of anilines is 1. The number of rotatable bonds is 3. The number of ketones is 1. The summed E-state index contributed by atoms with van der Waals surface area (Å²) in [4.78, 5) is 32.3. The van der Waals surface area contributed by atoms with E-state index in [1.807, 2.05) is 49.4 Å². The molecule has 5 rings (SSSR count). The molecule has 0 radical (unpaired) electrons. The molecular formula is C25H17ClN2O3S. The van der Waals surface area contributed by atoms with E-state index in [1.54, 1.807) is 30.3 Å². The number of aliphatic hydroxyl groups is 1. The molecule has 1 atom stereocenters. The summed E-state index contributed by atoms with van der Waals surface area (Å²) >= 11 is 7.39. The van der Waals surface area contributed by atoms with E-state index in [4.69, 9.17) is 11.6 Å². The molecule has 1 aliphatic heterocycles. The van der Waals surface area contributed by atoms with Crippen molar-refractivity contribution in [3.63, 3.8) is 0 Å². The van der Waals surface area contributed by atoms with E-state index in [9.17, 15) is 14.7 Å². The van der Waals surface area contributed by atoms with Gasteiger partial charge >= 0.3 is 5.91 Å². The van der Waals surface area contributed by atoms with E-state index in [2.05, 4.69) is 4.98 Å². The third-order valence-corrected chi connectivity index (χ3v) is 6.68. The summed E-state index contributed by atoms with van der Waals surface area (Å²) < 4.78 is 0.805. The minimum absolute atomic E-state index is 0.0438. The summed E-state index contributed by atoms with van der Waals surface area (Å²) in [6.45, 7) is 1.94. The Morgan fingerprint density at radius 2 is 1.75 bits per heavy atom. The van der Waals surface area contributed by atoms with Crippen LogP contribution in [0.3, 0.4) is 0 Å². The zero-order valence-electron chi connectivity index (χ0n) is 16.9. The van der Waals surface area contributed by atoms with E-state index in [1.165, 1.54) is 16.2 Å². The number of amides is 1. The van der Waals surface area contributed by atoms with Crippen molar-refractivity contribution in [3.05, 3.63) is 100 Å². The number of aryl methyl sites for hydroxylation is 1. The molecular weight excluding hydrogens is 444 g/mol. The van der Waals surface area contributed by atoms with Crippen molar-refractivity contribution in [2.75, 3.05) is 4.90 Å². The van der Waals surface area contributed by atoms with Gasteiger partial charge in [0, 0.05) is 10.6 Å². The number of Topliss-reactive ketones (excluding diaryl/α,β-unsaturated/α-hetero) is 1. The first kappa shape index (κ1) is 20.4. The number of aliphatic hydroxyl groups excluding tert-OH is 1. The van der Waals surface area contributed by atoms with Crippen molar-refractivity contribution in [1.29, 1.82) is 0 Å². The largest absolute Gasteiger partial charge is 0.507 e. The Hall–Kier alpha value is -3.48. The molecule has 0 bridgehead atoms. The van der Waals surface area contributed by atoms with E-state index < -0.39 is 17.7 Å². The maximum absolute atomic E-state index is 13.2. The Labute approximate surface area is 193 Å². The van der Waals surface area contributed by atoms with Crippen molar-refractivity contribution < 1.29 is 14.7 Å². The normalized spacial score (nSPS) is 17.9. The topological polar surface area (TPSA) is 70.5 Å². The number of carbonyl (C=O) groups excluding carboxylic acids is 2. The fourth-order valence-electron chi connectivity index (χ4n) is 3.84. The Morgan fingerprint density at radius 1 is 1.03 bits per heavy atom. The van der Waals surface area contributed by atoms with Gasteiger partial charge in [0.25, 0.3) is 5.78 Å². The van der Waals surface area contributed by atoms with Crippen molar-refractivity contribution in [2.45, 2.75) is 13.0 Å². The van der Waals surface area contributed by atoms with Crippen LogP contribution in [0.25, 0.3) is 16.0 Å². The molecule has 0 aliphatic carbocycles.